The van der Waals surface area contributed by atoms with Gasteiger partial charge in [0.2, 0.25) is 10.0 Å². The molecule has 0 aliphatic heterocycles. The van der Waals surface area contributed by atoms with E-state index in [0.29, 0.717) is 11.4 Å². The predicted octanol–water partition coefficient (Wildman–Crippen LogP) is 2.50. The van der Waals surface area contributed by atoms with Crippen LogP contribution in [0.1, 0.15) is 23.0 Å². The van der Waals surface area contributed by atoms with E-state index < -0.39 is 21.9 Å². The van der Waals surface area contributed by atoms with Crippen molar-refractivity contribution in [2.45, 2.75) is 10.9 Å². The van der Waals surface area contributed by atoms with Gasteiger partial charge in [-0.3, -0.25) is 0 Å². The van der Waals surface area contributed by atoms with Crippen LogP contribution in [0.25, 0.3) is 0 Å². The summed E-state index contributed by atoms with van der Waals surface area (Å²) in [6.45, 7) is 0. The van der Waals surface area contributed by atoms with E-state index >= 15 is 0 Å². The SMILES string of the molecule is Cn1ccnc1C(NS(=O)(=O)c1cccc(C#N)c1)c1cccc(F)c1. The Morgan fingerprint density at radius 2 is 2.00 bits per heavy atom. The molecule has 0 bridgehead atoms. The van der Waals surface area contributed by atoms with Gasteiger partial charge in [-0.2, -0.15) is 9.98 Å². The van der Waals surface area contributed by atoms with Crippen molar-refractivity contribution in [3.8, 4) is 6.07 Å². The zero-order valence-electron chi connectivity index (χ0n) is 13.8. The van der Waals surface area contributed by atoms with Crippen LogP contribution in [0, 0.1) is 17.1 Å². The van der Waals surface area contributed by atoms with Gasteiger partial charge in [0, 0.05) is 19.4 Å². The number of hydrogen-bond donors (Lipinski definition) is 1. The molecule has 2 aromatic carbocycles. The van der Waals surface area contributed by atoms with Crippen molar-refractivity contribution < 1.29 is 12.8 Å². The van der Waals surface area contributed by atoms with Gasteiger partial charge in [-0.05, 0) is 35.9 Å². The van der Waals surface area contributed by atoms with Crippen LogP contribution >= 0.6 is 0 Å². The lowest BCUT2D eigenvalue weighted by Crippen LogP contribution is -2.31. The number of hydrogen-bond acceptors (Lipinski definition) is 4. The summed E-state index contributed by atoms with van der Waals surface area (Å²) in [5, 5.41) is 8.98. The van der Waals surface area contributed by atoms with Gasteiger partial charge in [-0.25, -0.2) is 17.8 Å². The van der Waals surface area contributed by atoms with Crippen molar-refractivity contribution >= 4 is 10.0 Å². The number of nitrogens with zero attached hydrogens (tertiary/aromatic N) is 3. The third kappa shape index (κ3) is 3.64. The van der Waals surface area contributed by atoms with Gasteiger partial charge < -0.3 is 4.57 Å². The molecule has 3 rings (SSSR count). The summed E-state index contributed by atoms with van der Waals surface area (Å²) in [5.74, 6) is -0.0667. The third-order valence-electron chi connectivity index (χ3n) is 3.85. The second-order valence-electron chi connectivity index (χ2n) is 5.65. The Bertz CT molecular complexity index is 1090. The van der Waals surface area contributed by atoms with Crippen molar-refractivity contribution in [1.82, 2.24) is 14.3 Å². The molecule has 26 heavy (non-hydrogen) atoms. The first kappa shape index (κ1) is 17.8. The van der Waals surface area contributed by atoms with E-state index in [0.717, 1.165) is 0 Å². The van der Waals surface area contributed by atoms with E-state index in [9.17, 15) is 12.8 Å². The molecule has 1 aromatic heterocycles. The number of halogens is 1. The molecule has 132 valence electrons. The smallest absolute Gasteiger partial charge is 0.241 e. The van der Waals surface area contributed by atoms with Crippen molar-refractivity contribution in [3.05, 3.63) is 83.7 Å². The van der Waals surface area contributed by atoms with Crippen LogP contribution in [0.15, 0.2) is 65.8 Å². The van der Waals surface area contributed by atoms with Crippen molar-refractivity contribution in [1.29, 1.82) is 5.26 Å². The number of benzene rings is 2. The molecule has 0 saturated carbocycles. The molecule has 1 heterocycles. The number of aryl methyl sites for hydroxylation is 1. The Morgan fingerprint density at radius 3 is 2.65 bits per heavy atom. The second-order valence-corrected chi connectivity index (χ2v) is 7.36. The molecule has 0 radical (unpaired) electrons. The highest BCUT2D eigenvalue weighted by molar-refractivity contribution is 7.89. The van der Waals surface area contributed by atoms with Crippen LogP contribution in [-0.4, -0.2) is 18.0 Å². The molecule has 0 aliphatic carbocycles. The number of sulfonamides is 1. The summed E-state index contributed by atoms with van der Waals surface area (Å²) >= 11 is 0. The van der Waals surface area contributed by atoms with Crippen LogP contribution in [0.2, 0.25) is 0 Å². The van der Waals surface area contributed by atoms with E-state index in [4.69, 9.17) is 5.26 Å². The van der Waals surface area contributed by atoms with Gasteiger partial charge in [-0.1, -0.05) is 18.2 Å². The largest absolute Gasteiger partial charge is 0.336 e. The number of nitriles is 1. The quantitative estimate of drug-likeness (QED) is 0.747. The highest BCUT2D eigenvalue weighted by Gasteiger charge is 2.26. The van der Waals surface area contributed by atoms with Gasteiger partial charge in [0.25, 0.3) is 0 Å². The monoisotopic (exact) mass is 370 g/mol. The first-order valence-electron chi connectivity index (χ1n) is 7.66. The van der Waals surface area contributed by atoms with Crippen LogP contribution < -0.4 is 4.72 Å². The molecule has 3 aromatic rings. The summed E-state index contributed by atoms with van der Waals surface area (Å²) < 4.78 is 43.5. The highest BCUT2D eigenvalue weighted by Crippen LogP contribution is 2.24. The molecule has 0 spiro atoms. The summed E-state index contributed by atoms with van der Waals surface area (Å²) in [4.78, 5) is 4.15. The molecular weight excluding hydrogens is 355 g/mol. The Morgan fingerprint density at radius 1 is 1.23 bits per heavy atom. The van der Waals surface area contributed by atoms with Gasteiger partial charge in [0.05, 0.1) is 16.5 Å². The molecular formula is C18H15FN4O2S. The van der Waals surface area contributed by atoms with Crippen LogP contribution in [0.4, 0.5) is 4.39 Å². The average molecular weight is 370 g/mol. The van der Waals surface area contributed by atoms with Crippen molar-refractivity contribution in [2.75, 3.05) is 0 Å². The fourth-order valence-corrected chi connectivity index (χ4v) is 3.79. The van der Waals surface area contributed by atoms with E-state index in [1.807, 2.05) is 6.07 Å². The predicted molar refractivity (Wildman–Crippen MR) is 92.9 cm³/mol. The fourth-order valence-electron chi connectivity index (χ4n) is 2.57. The first-order valence-corrected chi connectivity index (χ1v) is 9.14. The minimum atomic E-state index is -3.97. The molecule has 1 unspecified atom stereocenters. The van der Waals surface area contributed by atoms with Crippen LogP contribution in [-0.2, 0) is 17.1 Å². The number of aromatic nitrogens is 2. The van der Waals surface area contributed by atoms with E-state index in [1.165, 1.54) is 48.7 Å². The third-order valence-corrected chi connectivity index (χ3v) is 5.27. The first-order chi connectivity index (χ1) is 12.4. The summed E-state index contributed by atoms with van der Waals surface area (Å²) in [6, 6.07) is 12.4. The standard InChI is InChI=1S/C18H15FN4O2S/c1-23-9-8-21-18(23)17(14-5-3-6-15(19)11-14)22-26(24,25)16-7-2-4-13(10-16)12-20/h2-11,17,22H,1H3. The number of rotatable bonds is 5. The van der Waals surface area contributed by atoms with Crippen molar-refractivity contribution in [2.24, 2.45) is 7.05 Å². The number of nitrogens with one attached hydrogen (secondary N) is 1. The summed E-state index contributed by atoms with van der Waals surface area (Å²) in [5.41, 5.74) is 0.645. The Kier molecular flexibility index (Phi) is 4.84. The average Bonchev–Trinajstić information content (AvgIpc) is 3.05. The van der Waals surface area contributed by atoms with E-state index in [1.54, 1.807) is 23.9 Å². The molecule has 6 nitrogen and oxygen atoms in total. The van der Waals surface area contributed by atoms with E-state index in [2.05, 4.69) is 9.71 Å². The lowest BCUT2D eigenvalue weighted by Gasteiger charge is -2.19. The minimum absolute atomic E-state index is 0.0489. The number of imidazole rings is 1. The normalized spacial score (nSPS) is 12.5. The topological polar surface area (TPSA) is 87.8 Å². The fraction of sp³-hybridized carbons (Fsp3) is 0.111. The maximum absolute atomic E-state index is 13.7. The molecule has 1 atom stereocenters. The summed E-state index contributed by atoms with van der Waals surface area (Å²) in [7, 11) is -2.25. The lowest BCUT2D eigenvalue weighted by atomic mass is 10.1. The van der Waals surface area contributed by atoms with Crippen molar-refractivity contribution in [3.63, 3.8) is 0 Å². The molecule has 1 N–H and O–H groups in total. The van der Waals surface area contributed by atoms with Crippen LogP contribution in [0.5, 0.6) is 0 Å². The summed E-state index contributed by atoms with van der Waals surface area (Å²) in [6.07, 6.45) is 3.21. The maximum Gasteiger partial charge on any atom is 0.241 e. The highest BCUT2D eigenvalue weighted by atomic mass is 32.2. The Balaban J connectivity index is 2.06. The molecule has 0 fully saturated rings. The molecule has 0 aliphatic rings. The van der Waals surface area contributed by atoms with Gasteiger partial charge in [-0.15, -0.1) is 0 Å². The zero-order chi connectivity index (χ0) is 18.7. The second kappa shape index (κ2) is 7.07. The van der Waals surface area contributed by atoms with Gasteiger partial charge in [0.1, 0.15) is 17.7 Å². The maximum atomic E-state index is 13.7. The van der Waals surface area contributed by atoms with Gasteiger partial charge >= 0.3 is 0 Å². The molecule has 8 heteroatoms. The minimum Gasteiger partial charge on any atom is -0.336 e. The Hall–Kier alpha value is -3.02. The van der Waals surface area contributed by atoms with E-state index in [-0.39, 0.29) is 10.5 Å². The lowest BCUT2D eigenvalue weighted by molar-refractivity contribution is 0.560. The zero-order valence-corrected chi connectivity index (χ0v) is 14.6. The van der Waals surface area contributed by atoms with Crippen LogP contribution in [0.3, 0.4) is 0 Å². The molecule has 0 amide bonds. The van der Waals surface area contributed by atoms with Gasteiger partial charge in [0.15, 0.2) is 0 Å². The molecule has 0 saturated heterocycles. The Labute approximate surface area is 150 Å².